The predicted octanol–water partition coefficient (Wildman–Crippen LogP) is 9.15. The Hall–Kier alpha value is -5.95. The molecule has 7 rings (SSSR count). The summed E-state index contributed by atoms with van der Waals surface area (Å²) in [4.78, 5) is 48.4. The fraction of sp³-hybridized carbons (Fsp3) is 0.462. The Morgan fingerprint density at radius 3 is 2.35 bits per heavy atom. The van der Waals surface area contributed by atoms with Crippen LogP contribution in [0.1, 0.15) is 113 Å². The highest BCUT2D eigenvalue weighted by atomic mass is 35.5. The Labute approximate surface area is 408 Å². The highest BCUT2D eigenvalue weighted by molar-refractivity contribution is 7.13. The van der Waals surface area contributed by atoms with E-state index in [2.05, 4.69) is 59.8 Å². The number of rotatable bonds is 19. The van der Waals surface area contributed by atoms with E-state index in [9.17, 15) is 24.8 Å². The Bertz CT molecular complexity index is 2590. The van der Waals surface area contributed by atoms with Gasteiger partial charge in [0.25, 0.3) is 5.91 Å². The van der Waals surface area contributed by atoms with Crippen LogP contribution in [0, 0.1) is 35.0 Å². The lowest BCUT2D eigenvalue weighted by molar-refractivity contribution is -0.164. The maximum absolute atomic E-state index is 14.3. The molecule has 0 radical (unpaired) electrons. The van der Waals surface area contributed by atoms with Crippen LogP contribution in [0.15, 0.2) is 84.5 Å². The number of ether oxygens (including phenoxy) is 2. The number of likely N-dealkylation sites (tertiary alicyclic amines) is 1. The van der Waals surface area contributed by atoms with Crippen LogP contribution in [0.25, 0.3) is 10.4 Å². The number of thiazole rings is 1. The third-order valence-corrected chi connectivity index (χ3v) is 14.7. The van der Waals surface area contributed by atoms with Crippen LogP contribution in [-0.4, -0.2) is 86.5 Å². The summed E-state index contributed by atoms with van der Waals surface area (Å²) in [6.45, 7) is 17.3. The monoisotopic (exact) mass is 962 g/mol. The Morgan fingerprint density at radius 1 is 0.985 bits per heavy atom. The van der Waals surface area contributed by atoms with Crippen molar-refractivity contribution in [2.45, 2.75) is 117 Å². The van der Waals surface area contributed by atoms with Gasteiger partial charge in [-0.3, -0.25) is 14.4 Å². The SMILES string of the molecule is Cc1ncsc1-c1ccc([C@H](C)NC(=O)[C@@H]2C[C@@H](O)CN2C(=O)[C@@H](C(C)C)n2nccc2OCCCCCNc2ccc(C(=O)NC3C(C)(C)C(Oc4ccc(C#N)c(Cl)c4)C3(C)C)cc2)cc1. The smallest absolute Gasteiger partial charge is 0.251 e. The third kappa shape index (κ3) is 10.8. The molecule has 2 fully saturated rings. The highest BCUT2D eigenvalue weighted by Gasteiger charge is 2.64. The summed E-state index contributed by atoms with van der Waals surface area (Å²) in [7, 11) is 0. The molecule has 3 amide bonds. The summed E-state index contributed by atoms with van der Waals surface area (Å²) in [5.74, 6) is 0.115. The van der Waals surface area contributed by atoms with Gasteiger partial charge in [-0.15, -0.1) is 11.3 Å². The molecule has 0 unspecified atom stereocenters. The largest absolute Gasteiger partial charge is 0.489 e. The van der Waals surface area contributed by atoms with E-state index in [4.69, 9.17) is 21.1 Å². The molecular weight excluding hydrogens is 900 g/mol. The molecule has 360 valence electrons. The number of amides is 3. The van der Waals surface area contributed by atoms with Crippen LogP contribution in [0.4, 0.5) is 5.69 Å². The summed E-state index contributed by atoms with van der Waals surface area (Å²) in [5.41, 5.74) is 5.93. The van der Waals surface area contributed by atoms with E-state index in [1.165, 1.54) is 4.90 Å². The topological polar surface area (TPSA) is 184 Å². The zero-order valence-corrected chi connectivity index (χ0v) is 41.7. The lowest BCUT2D eigenvalue weighted by Crippen LogP contribution is -2.74. The second kappa shape index (κ2) is 21.1. The van der Waals surface area contributed by atoms with Crippen molar-refractivity contribution in [1.29, 1.82) is 5.26 Å². The minimum absolute atomic E-state index is 0.0525. The van der Waals surface area contributed by atoms with Gasteiger partial charge in [0, 0.05) is 59.8 Å². The zero-order chi connectivity index (χ0) is 48.9. The predicted molar refractivity (Wildman–Crippen MR) is 265 cm³/mol. The summed E-state index contributed by atoms with van der Waals surface area (Å²) >= 11 is 7.84. The molecule has 3 heterocycles. The molecule has 1 aliphatic carbocycles. The minimum atomic E-state index is -0.831. The quantitative estimate of drug-likeness (QED) is 0.0583. The van der Waals surface area contributed by atoms with Gasteiger partial charge in [0.15, 0.2) is 0 Å². The maximum Gasteiger partial charge on any atom is 0.251 e. The Balaban J connectivity index is 0.846. The van der Waals surface area contributed by atoms with E-state index in [-0.39, 0.29) is 65.6 Å². The number of hydrogen-bond donors (Lipinski definition) is 4. The van der Waals surface area contributed by atoms with Crippen molar-refractivity contribution >= 4 is 46.3 Å². The zero-order valence-electron chi connectivity index (χ0n) is 40.1. The fourth-order valence-corrected chi connectivity index (χ4v) is 11.1. The Kier molecular flexibility index (Phi) is 15.5. The number of β-amino-alcohol motifs (C(OH)–C–C–N with tert-alkyl or cyclic N) is 1. The number of carbonyl (C=O) groups is 3. The van der Waals surface area contributed by atoms with Crippen molar-refractivity contribution in [3.8, 4) is 28.1 Å². The molecule has 2 aromatic heterocycles. The van der Waals surface area contributed by atoms with Gasteiger partial charge >= 0.3 is 0 Å². The van der Waals surface area contributed by atoms with E-state index < -0.39 is 18.2 Å². The number of aromatic nitrogens is 3. The summed E-state index contributed by atoms with van der Waals surface area (Å²) < 4.78 is 14.2. The van der Waals surface area contributed by atoms with Crippen molar-refractivity contribution in [3.63, 3.8) is 0 Å². The molecule has 0 bridgehead atoms. The van der Waals surface area contributed by atoms with E-state index in [0.717, 1.165) is 53.2 Å². The molecule has 16 heteroatoms. The van der Waals surface area contributed by atoms with Gasteiger partial charge in [0.05, 0.1) is 51.6 Å². The number of benzene rings is 3. The van der Waals surface area contributed by atoms with Gasteiger partial charge in [-0.05, 0) is 86.6 Å². The fourth-order valence-electron chi connectivity index (χ4n) is 10.0. The molecule has 5 aromatic rings. The second-order valence-corrected chi connectivity index (χ2v) is 20.8. The van der Waals surface area contributed by atoms with Crippen LogP contribution in [0.2, 0.25) is 5.02 Å². The van der Waals surface area contributed by atoms with Crippen molar-refractivity contribution in [1.82, 2.24) is 30.3 Å². The first-order valence-corrected chi connectivity index (χ1v) is 24.6. The lowest BCUT2D eigenvalue weighted by Gasteiger charge is -2.63. The molecule has 4 atom stereocenters. The molecule has 1 saturated carbocycles. The lowest BCUT2D eigenvalue weighted by atomic mass is 9.49. The number of carbonyl (C=O) groups excluding carboxylic acids is 3. The highest BCUT2D eigenvalue weighted by Crippen LogP contribution is 2.55. The van der Waals surface area contributed by atoms with Gasteiger partial charge in [0.1, 0.15) is 30.0 Å². The van der Waals surface area contributed by atoms with Crippen LogP contribution in [0.5, 0.6) is 11.6 Å². The van der Waals surface area contributed by atoms with Crippen molar-refractivity contribution in [2.75, 3.05) is 25.0 Å². The van der Waals surface area contributed by atoms with Gasteiger partial charge in [-0.2, -0.15) is 10.4 Å². The second-order valence-electron chi connectivity index (χ2n) is 19.5. The first-order valence-electron chi connectivity index (χ1n) is 23.4. The summed E-state index contributed by atoms with van der Waals surface area (Å²) in [6, 6.07) is 22.3. The van der Waals surface area contributed by atoms with Gasteiger partial charge in [-0.25, -0.2) is 9.67 Å². The number of unbranched alkanes of at least 4 members (excludes halogenated alkanes) is 2. The number of aryl methyl sites for hydroxylation is 1. The maximum atomic E-state index is 14.3. The molecule has 68 heavy (non-hydrogen) atoms. The first kappa shape index (κ1) is 49.9. The van der Waals surface area contributed by atoms with E-state index in [1.807, 2.05) is 81.7 Å². The molecule has 3 aromatic carbocycles. The van der Waals surface area contributed by atoms with Crippen LogP contribution < -0.4 is 25.4 Å². The van der Waals surface area contributed by atoms with Gasteiger partial charge in [0.2, 0.25) is 17.7 Å². The van der Waals surface area contributed by atoms with Crippen molar-refractivity contribution in [2.24, 2.45) is 16.7 Å². The normalized spacial score (nSPS) is 20.2. The molecule has 4 N–H and O–H groups in total. The number of nitrogens with one attached hydrogen (secondary N) is 3. The van der Waals surface area contributed by atoms with Crippen molar-refractivity contribution < 1.29 is 29.0 Å². The van der Waals surface area contributed by atoms with E-state index in [0.29, 0.717) is 34.4 Å². The van der Waals surface area contributed by atoms with Gasteiger partial charge in [-0.1, -0.05) is 77.4 Å². The van der Waals surface area contributed by atoms with Crippen molar-refractivity contribution in [3.05, 3.63) is 112 Å². The number of anilines is 1. The van der Waals surface area contributed by atoms with Crippen LogP contribution >= 0.6 is 22.9 Å². The number of nitriles is 1. The average molecular weight is 964 g/mol. The molecule has 1 aliphatic heterocycles. The van der Waals surface area contributed by atoms with E-state index in [1.54, 1.807) is 46.5 Å². The van der Waals surface area contributed by atoms with E-state index >= 15 is 0 Å². The standard InChI is InChI=1S/C52H63ClN8O6S/c1-31(2)44(48(65)60-29-39(62)26-42(60)47(64)58-32(3)34-12-14-35(15-13-34)45-33(4)56-30-68-45)61-43(22-24-57-61)66-25-11-9-10-23-55-38-19-16-36(17-20-38)46(63)59-49-51(5,6)50(52(49,7)8)67-40-21-18-37(28-54)41(53)27-40/h12-22,24,27,30-32,39,42,44,49-50,55,62H,9-11,23,25-26,29H2,1-8H3,(H,58,64)(H,59,63)/t32-,39+,42-,44+,49?,50?/m0/s1. The number of aliphatic hydroxyl groups is 1. The first-order chi connectivity index (χ1) is 32.4. The molecule has 1 saturated heterocycles. The Morgan fingerprint density at radius 2 is 1.71 bits per heavy atom. The summed E-state index contributed by atoms with van der Waals surface area (Å²) in [6.07, 6.45) is 3.29. The number of halogens is 1. The molecule has 14 nitrogen and oxygen atoms in total. The minimum Gasteiger partial charge on any atom is -0.489 e. The molecule has 0 spiro atoms. The summed E-state index contributed by atoms with van der Waals surface area (Å²) in [5, 5.41) is 34.6. The number of aliphatic hydroxyl groups excluding tert-OH is 1. The van der Waals surface area contributed by atoms with Gasteiger partial charge < -0.3 is 35.4 Å². The molecular formula is C52H63ClN8O6S. The number of hydrogen-bond acceptors (Lipinski definition) is 11. The van der Waals surface area contributed by atoms with Crippen LogP contribution in [-0.2, 0) is 9.59 Å². The third-order valence-electron chi connectivity index (χ3n) is 13.4. The van der Waals surface area contributed by atoms with Crippen LogP contribution in [0.3, 0.4) is 0 Å². The number of nitrogens with zero attached hydrogens (tertiary/aromatic N) is 5. The average Bonchev–Trinajstić information content (AvgIpc) is 4.06. The molecule has 2 aliphatic rings.